The van der Waals surface area contributed by atoms with Crippen LogP contribution in [0.4, 0.5) is 0 Å². The molecule has 0 N–H and O–H groups in total. The fourth-order valence-electron chi connectivity index (χ4n) is 2.98. The Morgan fingerprint density at radius 3 is 2.40 bits per heavy atom. The van der Waals surface area contributed by atoms with Gasteiger partial charge in [0.05, 0.1) is 7.11 Å². The van der Waals surface area contributed by atoms with E-state index in [1.54, 1.807) is 0 Å². The molecule has 0 amide bonds. The van der Waals surface area contributed by atoms with Gasteiger partial charge in [0.15, 0.2) is 0 Å². The van der Waals surface area contributed by atoms with Gasteiger partial charge in [0.25, 0.3) is 0 Å². The van der Waals surface area contributed by atoms with Gasteiger partial charge in [-0.1, -0.05) is 27.2 Å². The maximum absolute atomic E-state index is 11.5. The Morgan fingerprint density at radius 2 is 1.80 bits per heavy atom. The molecule has 0 heterocycles. The second kappa shape index (κ2) is 8.11. The van der Waals surface area contributed by atoms with Gasteiger partial charge in [-0.25, -0.2) is 4.79 Å². The first-order chi connectivity index (χ1) is 9.36. The van der Waals surface area contributed by atoms with Gasteiger partial charge < -0.3 is 4.74 Å². The Bertz CT molecular complexity index is 362. The first-order valence-electron chi connectivity index (χ1n) is 7.75. The molecular weight excluding hydrogens is 268 g/mol. The van der Waals surface area contributed by atoms with E-state index in [1.807, 2.05) is 25.6 Å². The van der Waals surface area contributed by atoms with Crippen molar-refractivity contribution in [2.24, 2.45) is 23.7 Å². The van der Waals surface area contributed by atoms with Crippen LogP contribution < -0.4 is 0 Å². The molecule has 4 atom stereocenters. The highest BCUT2D eigenvalue weighted by Gasteiger charge is 2.27. The fraction of sp³-hybridized carbons (Fsp3) is 0.824. The summed E-state index contributed by atoms with van der Waals surface area (Å²) in [6, 6.07) is 0. The van der Waals surface area contributed by atoms with Gasteiger partial charge in [-0.2, -0.15) is 0 Å². The number of thioether (sulfide) groups is 1. The standard InChI is InChI=1S/C17H30O2S/c1-11-7-8-16(9-12(2)13(11)3)10-20-15(5)14(4)17(18)19-6/h11-13,16H,7-10H2,1-6H3. The maximum Gasteiger partial charge on any atom is 0.334 e. The summed E-state index contributed by atoms with van der Waals surface area (Å²) in [4.78, 5) is 12.6. The first-order valence-corrected chi connectivity index (χ1v) is 8.73. The molecule has 0 spiro atoms. The summed E-state index contributed by atoms with van der Waals surface area (Å²) in [7, 11) is 1.44. The van der Waals surface area contributed by atoms with Crippen LogP contribution in [0.5, 0.6) is 0 Å². The molecular formula is C17H30O2S. The number of allylic oxidation sites excluding steroid dienone is 1. The number of methoxy groups -OCH3 is 1. The molecule has 20 heavy (non-hydrogen) atoms. The van der Waals surface area contributed by atoms with E-state index in [2.05, 4.69) is 20.8 Å². The lowest BCUT2D eigenvalue weighted by molar-refractivity contribution is -0.136. The van der Waals surface area contributed by atoms with Gasteiger partial charge in [-0.3, -0.25) is 0 Å². The molecule has 3 heteroatoms. The van der Waals surface area contributed by atoms with Crippen LogP contribution in [0, 0.1) is 23.7 Å². The van der Waals surface area contributed by atoms with Crippen LogP contribution in [0.2, 0.25) is 0 Å². The molecule has 1 fully saturated rings. The van der Waals surface area contributed by atoms with E-state index in [9.17, 15) is 4.79 Å². The molecule has 0 radical (unpaired) electrons. The number of ether oxygens (including phenoxy) is 1. The van der Waals surface area contributed by atoms with Crippen molar-refractivity contribution in [1.29, 1.82) is 0 Å². The third-order valence-electron chi connectivity index (χ3n) is 5.09. The largest absolute Gasteiger partial charge is 0.466 e. The average Bonchev–Trinajstić information content (AvgIpc) is 2.56. The summed E-state index contributed by atoms with van der Waals surface area (Å²) in [5.41, 5.74) is 0.751. The van der Waals surface area contributed by atoms with Crippen LogP contribution in [-0.2, 0) is 9.53 Å². The Kier molecular flexibility index (Phi) is 7.14. The van der Waals surface area contributed by atoms with E-state index in [1.165, 1.54) is 26.4 Å². The summed E-state index contributed by atoms with van der Waals surface area (Å²) in [6.45, 7) is 11.1. The topological polar surface area (TPSA) is 26.3 Å². The van der Waals surface area contributed by atoms with Crippen LogP contribution in [0.25, 0.3) is 0 Å². The Labute approximate surface area is 128 Å². The maximum atomic E-state index is 11.5. The summed E-state index contributed by atoms with van der Waals surface area (Å²) in [6.07, 6.45) is 3.99. The molecule has 2 nitrogen and oxygen atoms in total. The number of esters is 1. The van der Waals surface area contributed by atoms with Crippen molar-refractivity contribution in [3.63, 3.8) is 0 Å². The van der Waals surface area contributed by atoms with Gasteiger partial charge >= 0.3 is 5.97 Å². The molecule has 0 saturated heterocycles. The number of hydrogen-bond acceptors (Lipinski definition) is 3. The van der Waals surface area contributed by atoms with E-state index in [4.69, 9.17) is 4.74 Å². The molecule has 0 aliphatic heterocycles. The monoisotopic (exact) mass is 298 g/mol. The molecule has 0 bridgehead atoms. The highest BCUT2D eigenvalue weighted by Crippen LogP contribution is 2.37. The van der Waals surface area contributed by atoms with Gasteiger partial charge in [0, 0.05) is 11.3 Å². The molecule has 1 aliphatic rings. The fourth-order valence-corrected chi connectivity index (χ4v) is 4.07. The van der Waals surface area contributed by atoms with Gasteiger partial charge in [-0.05, 0) is 55.3 Å². The van der Waals surface area contributed by atoms with E-state index < -0.39 is 0 Å². The van der Waals surface area contributed by atoms with Crippen molar-refractivity contribution in [2.45, 2.75) is 53.9 Å². The second-order valence-electron chi connectivity index (χ2n) is 6.48. The van der Waals surface area contributed by atoms with Gasteiger partial charge in [-0.15, -0.1) is 11.8 Å². The molecule has 116 valence electrons. The third kappa shape index (κ3) is 4.83. The first kappa shape index (κ1) is 17.6. The molecule has 1 saturated carbocycles. The predicted octanol–water partition coefficient (Wildman–Crippen LogP) is 4.89. The minimum Gasteiger partial charge on any atom is -0.466 e. The predicted molar refractivity (Wildman–Crippen MR) is 87.7 cm³/mol. The SMILES string of the molecule is COC(=O)C(C)=C(C)SCC1CCC(C)C(C)C(C)C1. The van der Waals surface area contributed by atoms with E-state index >= 15 is 0 Å². The highest BCUT2D eigenvalue weighted by atomic mass is 32.2. The van der Waals surface area contributed by atoms with Crippen molar-refractivity contribution in [3.05, 3.63) is 10.5 Å². The summed E-state index contributed by atoms with van der Waals surface area (Å²) in [5, 5.41) is 0. The van der Waals surface area contributed by atoms with Crippen LogP contribution in [0.1, 0.15) is 53.9 Å². The molecule has 4 unspecified atom stereocenters. The van der Waals surface area contributed by atoms with Crippen molar-refractivity contribution < 1.29 is 9.53 Å². The van der Waals surface area contributed by atoms with Crippen LogP contribution in [0.3, 0.4) is 0 Å². The summed E-state index contributed by atoms with van der Waals surface area (Å²) >= 11 is 1.83. The minimum atomic E-state index is -0.202. The van der Waals surface area contributed by atoms with E-state index in [0.29, 0.717) is 0 Å². The number of carbonyl (C=O) groups excluding carboxylic acids is 1. The highest BCUT2D eigenvalue weighted by molar-refractivity contribution is 8.03. The van der Waals surface area contributed by atoms with Crippen molar-refractivity contribution >= 4 is 17.7 Å². The lowest BCUT2D eigenvalue weighted by atomic mass is 9.84. The van der Waals surface area contributed by atoms with Crippen molar-refractivity contribution in [3.8, 4) is 0 Å². The lowest BCUT2D eigenvalue weighted by Gasteiger charge is -2.23. The molecule has 0 aromatic heterocycles. The second-order valence-corrected chi connectivity index (χ2v) is 7.71. The third-order valence-corrected chi connectivity index (χ3v) is 6.46. The van der Waals surface area contributed by atoms with E-state index in [-0.39, 0.29) is 5.97 Å². The van der Waals surface area contributed by atoms with Gasteiger partial charge in [0.1, 0.15) is 0 Å². The number of rotatable bonds is 4. The van der Waals surface area contributed by atoms with Crippen LogP contribution >= 0.6 is 11.8 Å². The molecule has 0 aromatic carbocycles. The Hall–Kier alpha value is -0.440. The van der Waals surface area contributed by atoms with Crippen LogP contribution in [0.15, 0.2) is 10.5 Å². The number of carbonyl (C=O) groups is 1. The van der Waals surface area contributed by atoms with Crippen LogP contribution in [-0.4, -0.2) is 18.8 Å². The lowest BCUT2D eigenvalue weighted by Crippen LogP contribution is -2.15. The zero-order chi connectivity index (χ0) is 15.3. The summed E-state index contributed by atoms with van der Waals surface area (Å²) < 4.78 is 4.78. The minimum absolute atomic E-state index is 0.202. The zero-order valence-corrected chi connectivity index (χ0v) is 14.7. The normalized spacial score (nSPS) is 32.3. The average molecular weight is 298 g/mol. The molecule has 1 rings (SSSR count). The van der Waals surface area contributed by atoms with Crippen molar-refractivity contribution in [1.82, 2.24) is 0 Å². The van der Waals surface area contributed by atoms with E-state index in [0.717, 1.165) is 39.9 Å². The summed E-state index contributed by atoms with van der Waals surface area (Å²) in [5.74, 6) is 4.19. The number of hydrogen-bond donors (Lipinski definition) is 0. The smallest absolute Gasteiger partial charge is 0.334 e. The van der Waals surface area contributed by atoms with Crippen molar-refractivity contribution in [2.75, 3.05) is 12.9 Å². The Balaban J connectivity index is 2.55. The molecule has 0 aromatic rings. The molecule has 1 aliphatic carbocycles. The quantitative estimate of drug-likeness (QED) is 0.420. The zero-order valence-electron chi connectivity index (χ0n) is 13.9. The van der Waals surface area contributed by atoms with Gasteiger partial charge in [0.2, 0.25) is 0 Å². The Morgan fingerprint density at radius 1 is 1.15 bits per heavy atom.